The zero-order valence-electron chi connectivity index (χ0n) is 12.4. The highest BCUT2D eigenvalue weighted by Crippen LogP contribution is 2.16. The number of hydrogen-bond acceptors (Lipinski definition) is 2. The number of piperazine rings is 1. The van der Waals surface area contributed by atoms with Gasteiger partial charge in [0.25, 0.3) is 0 Å². The number of hydrogen-bond donors (Lipinski definition) is 1. The van der Waals surface area contributed by atoms with Crippen LogP contribution in [0.3, 0.4) is 0 Å². The average Bonchev–Trinajstić information content (AvgIpc) is 2.49. The van der Waals surface area contributed by atoms with Crippen LogP contribution < -0.4 is 5.32 Å². The maximum Gasteiger partial charge on any atom is 0.322 e. The zero-order valence-corrected chi connectivity index (χ0v) is 12.4. The maximum atomic E-state index is 13.5. The minimum atomic E-state index is -0.762. The van der Waals surface area contributed by atoms with Crippen molar-refractivity contribution >= 4 is 11.7 Å². The van der Waals surface area contributed by atoms with E-state index in [1.165, 1.54) is 6.07 Å². The van der Waals surface area contributed by atoms with Crippen LogP contribution in [0.25, 0.3) is 0 Å². The molecule has 0 radical (unpaired) electrons. The summed E-state index contributed by atoms with van der Waals surface area (Å²) in [6.45, 7) is 7.16. The Hall–Kier alpha value is -1.69. The molecule has 2 rings (SSSR count). The molecule has 1 aromatic rings. The number of carbonyl (C=O) groups excluding carboxylic acids is 1. The molecular weight excluding hydrogens is 276 g/mol. The number of halogens is 2. The Morgan fingerprint density at radius 3 is 2.52 bits per heavy atom. The highest BCUT2D eigenvalue weighted by atomic mass is 19.1. The molecule has 0 spiro atoms. The van der Waals surface area contributed by atoms with Gasteiger partial charge in [-0.1, -0.05) is 6.92 Å². The molecule has 0 aliphatic carbocycles. The van der Waals surface area contributed by atoms with E-state index in [4.69, 9.17) is 0 Å². The first-order valence-electron chi connectivity index (χ1n) is 7.26. The molecule has 1 aliphatic rings. The van der Waals surface area contributed by atoms with Gasteiger partial charge in [0.05, 0.1) is 5.69 Å². The van der Waals surface area contributed by atoms with Crippen molar-refractivity contribution in [1.29, 1.82) is 0 Å². The summed E-state index contributed by atoms with van der Waals surface area (Å²) >= 11 is 0. The van der Waals surface area contributed by atoms with Crippen LogP contribution in [0.15, 0.2) is 18.2 Å². The second-order valence-corrected chi connectivity index (χ2v) is 5.33. The van der Waals surface area contributed by atoms with E-state index in [2.05, 4.69) is 24.1 Å². The fourth-order valence-corrected chi connectivity index (χ4v) is 2.41. The van der Waals surface area contributed by atoms with Crippen LogP contribution in [0.2, 0.25) is 0 Å². The number of anilines is 1. The lowest BCUT2D eigenvalue weighted by molar-refractivity contribution is 0.117. The lowest BCUT2D eigenvalue weighted by Crippen LogP contribution is -2.52. The Balaban J connectivity index is 1.90. The molecule has 1 atom stereocenters. The Bertz CT molecular complexity index is 502. The van der Waals surface area contributed by atoms with Crippen LogP contribution in [-0.4, -0.2) is 48.1 Å². The number of rotatable bonds is 3. The molecule has 1 saturated heterocycles. The van der Waals surface area contributed by atoms with E-state index in [1.54, 1.807) is 4.90 Å². The summed E-state index contributed by atoms with van der Waals surface area (Å²) in [5, 5.41) is 2.49. The van der Waals surface area contributed by atoms with Crippen molar-refractivity contribution in [2.24, 2.45) is 0 Å². The summed E-state index contributed by atoms with van der Waals surface area (Å²) in [4.78, 5) is 16.1. The van der Waals surface area contributed by atoms with Crippen molar-refractivity contribution in [2.75, 3.05) is 31.5 Å². The molecule has 2 amide bonds. The van der Waals surface area contributed by atoms with Gasteiger partial charge in [-0.2, -0.15) is 0 Å². The van der Waals surface area contributed by atoms with Crippen molar-refractivity contribution < 1.29 is 13.6 Å². The number of carbonyl (C=O) groups is 1. The molecule has 0 bridgehead atoms. The van der Waals surface area contributed by atoms with Crippen LogP contribution in [0, 0.1) is 11.6 Å². The van der Waals surface area contributed by atoms with Crippen molar-refractivity contribution in [3.05, 3.63) is 29.8 Å². The predicted molar refractivity (Wildman–Crippen MR) is 78.3 cm³/mol. The van der Waals surface area contributed by atoms with Gasteiger partial charge in [-0.25, -0.2) is 13.6 Å². The molecule has 1 heterocycles. The summed E-state index contributed by atoms with van der Waals surface area (Å²) in [6, 6.07) is 3.28. The molecule has 6 heteroatoms. The number of benzene rings is 1. The molecule has 0 aromatic heterocycles. The fourth-order valence-electron chi connectivity index (χ4n) is 2.41. The van der Waals surface area contributed by atoms with Crippen molar-refractivity contribution in [2.45, 2.75) is 26.3 Å². The van der Waals surface area contributed by atoms with E-state index in [0.717, 1.165) is 31.6 Å². The van der Waals surface area contributed by atoms with Gasteiger partial charge in [0.15, 0.2) is 0 Å². The van der Waals surface area contributed by atoms with Crippen LogP contribution in [0.1, 0.15) is 20.3 Å². The summed E-state index contributed by atoms with van der Waals surface area (Å²) in [5.41, 5.74) is 0.00533. The standard InChI is InChI=1S/C15H21F2N3O/c1-3-11(2)19-6-8-20(9-7-19)15(21)18-14-5-4-12(16)10-13(14)17/h4-5,10-11H,3,6-9H2,1-2H3,(H,18,21). The minimum Gasteiger partial charge on any atom is -0.322 e. The van der Waals surface area contributed by atoms with E-state index in [1.807, 2.05) is 0 Å². The quantitative estimate of drug-likeness (QED) is 0.931. The van der Waals surface area contributed by atoms with Crippen LogP contribution in [-0.2, 0) is 0 Å². The highest BCUT2D eigenvalue weighted by molar-refractivity contribution is 5.89. The zero-order chi connectivity index (χ0) is 15.4. The van der Waals surface area contributed by atoms with Gasteiger partial charge in [-0.15, -0.1) is 0 Å². The Kier molecular flexibility index (Phi) is 5.12. The third-order valence-corrected chi connectivity index (χ3v) is 3.99. The lowest BCUT2D eigenvalue weighted by atomic mass is 10.2. The lowest BCUT2D eigenvalue weighted by Gasteiger charge is -2.37. The number of urea groups is 1. The van der Waals surface area contributed by atoms with Gasteiger partial charge in [0, 0.05) is 38.3 Å². The first-order chi connectivity index (χ1) is 10.0. The molecule has 1 aromatic carbocycles. The predicted octanol–water partition coefficient (Wildman–Crippen LogP) is 2.91. The second kappa shape index (κ2) is 6.85. The smallest absolute Gasteiger partial charge is 0.322 e. The summed E-state index contributed by atoms with van der Waals surface area (Å²) < 4.78 is 26.3. The molecule has 1 N–H and O–H groups in total. The molecule has 1 aliphatic heterocycles. The van der Waals surface area contributed by atoms with Crippen molar-refractivity contribution in [3.63, 3.8) is 0 Å². The fraction of sp³-hybridized carbons (Fsp3) is 0.533. The average molecular weight is 297 g/mol. The number of amides is 2. The minimum absolute atomic E-state index is 0.00533. The van der Waals surface area contributed by atoms with E-state index < -0.39 is 11.6 Å². The molecule has 21 heavy (non-hydrogen) atoms. The van der Waals surface area contributed by atoms with Crippen LogP contribution >= 0.6 is 0 Å². The third kappa shape index (κ3) is 3.91. The van der Waals surface area contributed by atoms with E-state index in [9.17, 15) is 13.6 Å². The number of nitrogens with zero attached hydrogens (tertiary/aromatic N) is 2. The normalized spacial score (nSPS) is 17.6. The summed E-state index contributed by atoms with van der Waals surface area (Å²) in [5.74, 6) is -1.42. The Morgan fingerprint density at radius 1 is 1.29 bits per heavy atom. The number of nitrogens with one attached hydrogen (secondary N) is 1. The molecular formula is C15H21F2N3O. The van der Waals surface area contributed by atoms with Crippen LogP contribution in [0.4, 0.5) is 19.3 Å². The molecule has 4 nitrogen and oxygen atoms in total. The van der Waals surface area contributed by atoms with Gasteiger partial charge >= 0.3 is 6.03 Å². The van der Waals surface area contributed by atoms with Crippen molar-refractivity contribution in [3.8, 4) is 0 Å². The SMILES string of the molecule is CCC(C)N1CCN(C(=O)Nc2ccc(F)cc2F)CC1. The maximum absolute atomic E-state index is 13.5. The molecule has 1 unspecified atom stereocenters. The Labute approximate surface area is 123 Å². The molecule has 1 fully saturated rings. The second-order valence-electron chi connectivity index (χ2n) is 5.33. The van der Waals surface area contributed by atoms with E-state index in [0.29, 0.717) is 19.1 Å². The van der Waals surface area contributed by atoms with Gasteiger partial charge < -0.3 is 10.2 Å². The molecule has 0 saturated carbocycles. The topological polar surface area (TPSA) is 35.6 Å². The van der Waals surface area contributed by atoms with Gasteiger partial charge in [-0.05, 0) is 25.5 Å². The van der Waals surface area contributed by atoms with Gasteiger partial charge in [0.2, 0.25) is 0 Å². The van der Waals surface area contributed by atoms with Crippen LogP contribution in [0.5, 0.6) is 0 Å². The summed E-state index contributed by atoms with van der Waals surface area (Å²) in [7, 11) is 0. The largest absolute Gasteiger partial charge is 0.322 e. The van der Waals surface area contributed by atoms with Gasteiger partial charge in [0.1, 0.15) is 11.6 Å². The van der Waals surface area contributed by atoms with Crippen molar-refractivity contribution in [1.82, 2.24) is 9.80 Å². The first-order valence-corrected chi connectivity index (χ1v) is 7.26. The van der Waals surface area contributed by atoms with E-state index in [-0.39, 0.29) is 11.7 Å². The molecule has 116 valence electrons. The Morgan fingerprint density at radius 2 is 1.95 bits per heavy atom. The van der Waals surface area contributed by atoms with Gasteiger partial charge in [-0.3, -0.25) is 4.90 Å². The monoisotopic (exact) mass is 297 g/mol. The first kappa shape index (κ1) is 15.7. The highest BCUT2D eigenvalue weighted by Gasteiger charge is 2.23. The third-order valence-electron chi connectivity index (χ3n) is 3.99. The summed E-state index contributed by atoms with van der Waals surface area (Å²) in [6.07, 6.45) is 1.08. The van der Waals surface area contributed by atoms with E-state index >= 15 is 0 Å².